The molecule has 3 N–H and O–H groups in total. The summed E-state index contributed by atoms with van der Waals surface area (Å²) in [6.07, 6.45) is 14.6. The SMILES string of the molecule is C=C1C(=CC=C2CCC[C@]3(C)[C@@H]([C@H](C)CC[C@H](OC(=O)C(C)(C)CO)C4(c5nc(CCC)no5)CC4)CC[C@@H]23)C[C@@H](O)C[C@@H]1O. The summed E-state index contributed by atoms with van der Waals surface area (Å²) in [6.45, 7) is 14.2. The van der Waals surface area contributed by atoms with Crippen LogP contribution in [-0.2, 0) is 21.4 Å². The van der Waals surface area contributed by atoms with Crippen LogP contribution in [0.5, 0.6) is 0 Å². The Kier molecular flexibility index (Phi) is 10.2. The second-order valence-corrected chi connectivity index (χ2v) is 15.6. The summed E-state index contributed by atoms with van der Waals surface area (Å²) >= 11 is 0. The Labute approximate surface area is 269 Å². The number of carbonyl (C=O) groups excluding carboxylic acids is 1. The first kappa shape index (κ1) is 34.1. The number of hydrogen-bond donors (Lipinski definition) is 3. The van der Waals surface area contributed by atoms with Gasteiger partial charge in [-0.3, -0.25) is 4.79 Å². The van der Waals surface area contributed by atoms with E-state index >= 15 is 0 Å². The van der Waals surface area contributed by atoms with Crippen molar-refractivity contribution in [3.63, 3.8) is 0 Å². The van der Waals surface area contributed by atoms with Crippen LogP contribution in [0, 0.1) is 28.6 Å². The van der Waals surface area contributed by atoms with Crippen molar-refractivity contribution in [3.8, 4) is 0 Å². The highest BCUT2D eigenvalue weighted by Crippen LogP contribution is 2.60. The van der Waals surface area contributed by atoms with Gasteiger partial charge in [-0.25, -0.2) is 0 Å². The molecule has 0 radical (unpaired) electrons. The molecule has 0 aromatic carbocycles. The van der Waals surface area contributed by atoms with Gasteiger partial charge in [0.25, 0.3) is 0 Å². The van der Waals surface area contributed by atoms with E-state index in [0.717, 1.165) is 62.5 Å². The molecule has 0 spiro atoms. The smallest absolute Gasteiger partial charge is 0.314 e. The Bertz CT molecular complexity index is 1290. The minimum Gasteiger partial charge on any atom is -0.461 e. The number of esters is 1. The van der Waals surface area contributed by atoms with Crippen LogP contribution in [0.25, 0.3) is 0 Å². The van der Waals surface area contributed by atoms with E-state index in [0.29, 0.717) is 42.3 Å². The fourth-order valence-corrected chi connectivity index (χ4v) is 8.69. The third-order valence-corrected chi connectivity index (χ3v) is 11.8. The Morgan fingerprint density at radius 2 is 1.96 bits per heavy atom. The zero-order chi connectivity index (χ0) is 32.6. The van der Waals surface area contributed by atoms with Crippen molar-refractivity contribution < 1.29 is 29.4 Å². The van der Waals surface area contributed by atoms with Crippen molar-refractivity contribution in [2.24, 2.45) is 28.6 Å². The van der Waals surface area contributed by atoms with Crippen LogP contribution in [0.15, 0.2) is 40.0 Å². The molecule has 250 valence electrons. The van der Waals surface area contributed by atoms with Crippen LogP contribution < -0.4 is 0 Å². The van der Waals surface area contributed by atoms with E-state index in [9.17, 15) is 20.1 Å². The number of carbonyl (C=O) groups is 1. The first-order valence-electron chi connectivity index (χ1n) is 17.4. The normalized spacial score (nSPS) is 32.8. The number of nitrogens with zero attached hydrogens (tertiary/aromatic N) is 2. The van der Waals surface area contributed by atoms with Crippen molar-refractivity contribution in [2.75, 3.05) is 6.61 Å². The van der Waals surface area contributed by atoms with Crippen LogP contribution in [0.3, 0.4) is 0 Å². The molecule has 4 aliphatic rings. The van der Waals surface area contributed by atoms with Gasteiger partial charge in [-0.05, 0) is 119 Å². The number of aryl methyl sites for hydroxylation is 1. The molecule has 0 unspecified atom stereocenters. The van der Waals surface area contributed by atoms with E-state index in [1.54, 1.807) is 13.8 Å². The molecule has 0 amide bonds. The van der Waals surface area contributed by atoms with Crippen LogP contribution >= 0.6 is 0 Å². The van der Waals surface area contributed by atoms with Crippen LogP contribution in [-0.4, -0.2) is 56.3 Å². The summed E-state index contributed by atoms with van der Waals surface area (Å²) in [5, 5.41) is 34.6. The Morgan fingerprint density at radius 1 is 1.20 bits per heavy atom. The molecule has 1 aromatic rings. The monoisotopic (exact) mass is 624 g/mol. The predicted molar refractivity (Wildman–Crippen MR) is 173 cm³/mol. The number of allylic oxidation sites excluding steroid dienone is 3. The Balaban J connectivity index is 1.31. The predicted octanol–water partition coefficient (Wildman–Crippen LogP) is 6.54. The van der Waals surface area contributed by atoms with Crippen LogP contribution in [0.2, 0.25) is 0 Å². The highest BCUT2D eigenvalue weighted by Gasteiger charge is 2.58. The maximum absolute atomic E-state index is 13.2. The van der Waals surface area contributed by atoms with Gasteiger partial charge in [-0.15, -0.1) is 0 Å². The molecular formula is C37H56N2O6. The summed E-state index contributed by atoms with van der Waals surface area (Å²) in [5.74, 6) is 2.44. The van der Waals surface area contributed by atoms with E-state index < -0.39 is 23.0 Å². The van der Waals surface area contributed by atoms with Gasteiger partial charge in [0.1, 0.15) is 6.10 Å². The largest absolute Gasteiger partial charge is 0.461 e. The molecule has 1 heterocycles. The topological polar surface area (TPSA) is 126 Å². The van der Waals surface area contributed by atoms with Crippen molar-refractivity contribution in [3.05, 3.63) is 47.2 Å². The van der Waals surface area contributed by atoms with Gasteiger partial charge in [0.2, 0.25) is 5.89 Å². The molecule has 4 saturated carbocycles. The van der Waals surface area contributed by atoms with E-state index in [1.807, 2.05) is 0 Å². The number of aliphatic hydroxyl groups excluding tert-OH is 3. The quantitative estimate of drug-likeness (QED) is 0.224. The average Bonchev–Trinajstić information content (AvgIpc) is 3.52. The molecular weight excluding hydrogens is 568 g/mol. The molecule has 45 heavy (non-hydrogen) atoms. The van der Waals surface area contributed by atoms with Gasteiger partial charge in [0.05, 0.1) is 29.6 Å². The number of aliphatic hydroxyl groups is 3. The van der Waals surface area contributed by atoms with Gasteiger partial charge < -0.3 is 24.6 Å². The molecule has 5 rings (SSSR count). The number of rotatable bonds is 12. The van der Waals surface area contributed by atoms with Crippen molar-refractivity contribution >= 4 is 5.97 Å². The van der Waals surface area contributed by atoms with E-state index in [-0.39, 0.29) is 24.1 Å². The van der Waals surface area contributed by atoms with E-state index in [1.165, 1.54) is 24.8 Å². The molecule has 0 saturated heterocycles. The number of fused-ring (bicyclic) bond motifs is 1. The maximum atomic E-state index is 13.2. The van der Waals surface area contributed by atoms with Crippen molar-refractivity contribution in [2.45, 2.75) is 142 Å². The van der Waals surface area contributed by atoms with Crippen molar-refractivity contribution in [1.82, 2.24) is 10.1 Å². The second-order valence-electron chi connectivity index (χ2n) is 15.6. The molecule has 8 nitrogen and oxygen atoms in total. The Hall–Kier alpha value is -2.29. The second kappa shape index (κ2) is 13.4. The number of ether oxygens (including phenoxy) is 1. The number of aromatic nitrogens is 2. The highest BCUT2D eigenvalue weighted by molar-refractivity contribution is 5.76. The van der Waals surface area contributed by atoms with Gasteiger partial charge >= 0.3 is 5.97 Å². The minimum absolute atomic E-state index is 0.203. The average molecular weight is 625 g/mol. The Morgan fingerprint density at radius 3 is 2.64 bits per heavy atom. The van der Waals surface area contributed by atoms with E-state index in [2.05, 4.69) is 44.7 Å². The van der Waals surface area contributed by atoms with Gasteiger partial charge in [0.15, 0.2) is 5.82 Å². The molecule has 7 atom stereocenters. The summed E-state index contributed by atoms with van der Waals surface area (Å²) in [7, 11) is 0. The van der Waals surface area contributed by atoms with Gasteiger partial charge in [-0.1, -0.05) is 50.2 Å². The van der Waals surface area contributed by atoms with Crippen molar-refractivity contribution in [1.29, 1.82) is 0 Å². The molecule has 1 aromatic heterocycles. The van der Waals surface area contributed by atoms with Crippen LogP contribution in [0.1, 0.15) is 123 Å². The lowest BCUT2D eigenvalue weighted by atomic mass is 9.60. The molecule has 0 bridgehead atoms. The molecule has 0 aliphatic heterocycles. The van der Waals surface area contributed by atoms with Crippen LogP contribution in [0.4, 0.5) is 0 Å². The third-order valence-electron chi connectivity index (χ3n) is 11.8. The zero-order valence-electron chi connectivity index (χ0n) is 28.2. The lowest BCUT2D eigenvalue weighted by molar-refractivity contribution is -0.164. The third kappa shape index (κ3) is 6.89. The van der Waals surface area contributed by atoms with Gasteiger partial charge in [-0.2, -0.15) is 4.98 Å². The molecule has 8 heteroatoms. The summed E-state index contributed by atoms with van der Waals surface area (Å²) in [4.78, 5) is 18.0. The maximum Gasteiger partial charge on any atom is 0.314 e. The lowest BCUT2D eigenvalue weighted by Gasteiger charge is -2.44. The zero-order valence-corrected chi connectivity index (χ0v) is 28.2. The van der Waals surface area contributed by atoms with Gasteiger partial charge in [0, 0.05) is 12.8 Å². The van der Waals surface area contributed by atoms with E-state index in [4.69, 9.17) is 14.2 Å². The standard InChI is InChI=1S/C37H56N2O6/c1-7-9-32-38-33(45-39-32)37(18-19-37)31(44-34(43)35(4,5)22-40)16-11-23(2)28-14-15-29-25(10-8-17-36(28,29)6)12-13-26-20-27(41)21-30(42)24(26)3/h12-13,23,27-31,40-42H,3,7-11,14-22H2,1-2,4-6H3/t23-,27-,28-,29+,30+,31+,36-/m1/s1. The highest BCUT2D eigenvalue weighted by atomic mass is 16.5. The summed E-state index contributed by atoms with van der Waals surface area (Å²) < 4.78 is 12.0. The fraction of sp³-hybridized carbons (Fsp3) is 0.757. The molecule has 4 aliphatic carbocycles. The first-order chi connectivity index (χ1) is 21.3. The first-order valence-corrected chi connectivity index (χ1v) is 17.4. The number of hydrogen-bond acceptors (Lipinski definition) is 8. The minimum atomic E-state index is -0.978. The fourth-order valence-electron chi connectivity index (χ4n) is 8.69. The lowest BCUT2D eigenvalue weighted by Crippen LogP contribution is -2.39. The molecule has 4 fully saturated rings. The summed E-state index contributed by atoms with van der Waals surface area (Å²) in [6, 6.07) is 0. The summed E-state index contributed by atoms with van der Waals surface area (Å²) in [5.41, 5.74) is 1.97.